The molecule has 4 nitrogen and oxygen atoms in total. The molecule has 1 aliphatic rings. The third kappa shape index (κ3) is 4.89. The molecule has 0 aromatic heterocycles. The number of nitrogens with zero attached hydrogens (tertiary/aromatic N) is 1. The van der Waals surface area contributed by atoms with Crippen molar-refractivity contribution in [3.63, 3.8) is 0 Å². The molecule has 5 heteroatoms. The lowest BCUT2D eigenvalue weighted by Gasteiger charge is -2.16. The number of likely N-dealkylation sites (tertiary alicyclic amines) is 1. The summed E-state index contributed by atoms with van der Waals surface area (Å²) >= 11 is 0. The van der Waals surface area contributed by atoms with Crippen LogP contribution >= 0.6 is 0 Å². The number of hydrogen-bond donors (Lipinski definition) is 0. The highest BCUT2D eigenvalue weighted by Gasteiger charge is 2.27. The molecule has 23 heavy (non-hydrogen) atoms. The summed E-state index contributed by atoms with van der Waals surface area (Å²) in [6.45, 7) is 2.35. The summed E-state index contributed by atoms with van der Waals surface area (Å²) in [7, 11) is -3.54. The van der Waals surface area contributed by atoms with Crippen LogP contribution in [0.1, 0.15) is 17.5 Å². The van der Waals surface area contributed by atoms with Crippen molar-refractivity contribution in [1.29, 1.82) is 0 Å². The Kier molecular flexibility index (Phi) is 5.10. The van der Waals surface area contributed by atoms with Crippen molar-refractivity contribution in [1.82, 2.24) is 4.90 Å². The summed E-state index contributed by atoms with van der Waals surface area (Å²) in [5, 5.41) is 0. The van der Waals surface area contributed by atoms with Gasteiger partial charge in [0.05, 0.1) is 6.10 Å². The Hall–Kier alpha value is -1.69. The van der Waals surface area contributed by atoms with E-state index in [1.165, 1.54) is 5.56 Å². The normalized spacial score (nSPS) is 19.0. The molecule has 0 N–H and O–H groups in total. The van der Waals surface area contributed by atoms with Crippen LogP contribution in [0.4, 0.5) is 0 Å². The highest BCUT2D eigenvalue weighted by molar-refractivity contribution is 7.85. The van der Waals surface area contributed by atoms with Crippen molar-refractivity contribution in [2.24, 2.45) is 0 Å². The Morgan fingerprint density at radius 1 is 0.957 bits per heavy atom. The van der Waals surface area contributed by atoms with Crippen LogP contribution in [0.15, 0.2) is 60.7 Å². The van der Waals surface area contributed by atoms with E-state index in [0.29, 0.717) is 6.54 Å². The van der Waals surface area contributed by atoms with Crippen LogP contribution in [0, 0.1) is 0 Å². The first kappa shape index (κ1) is 16.2. The average Bonchev–Trinajstić information content (AvgIpc) is 2.95. The molecule has 0 aliphatic carbocycles. The van der Waals surface area contributed by atoms with Crippen LogP contribution in [0.5, 0.6) is 0 Å². The van der Waals surface area contributed by atoms with Gasteiger partial charge in [-0.3, -0.25) is 9.08 Å². The Morgan fingerprint density at radius 2 is 1.57 bits per heavy atom. The van der Waals surface area contributed by atoms with E-state index in [9.17, 15) is 8.42 Å². The summed E-state index contributed by atoms with van der Waals surface area (Å²) in [6.07, 6.45) is 0.508. The van der Waals surface area contributed by atoms with Gasteiger partial charge in [-0.1, -0.05) is 60.7 Å². The van der Waals surface area contributed by atoms with Gasteiger partial charge in [-0.2, -0.15) is 8.42 Å². The molecule has 0 saturated carbocycles. The smallest absolute Gasteiger partial charge is 0.271 e. The van der Waals surface area contributed by atoms with Crippen LogP contribution in [-0.4, -0.2) is 32.5 Å². The lowest BCUT2D eigenvalue weighted by Crippen LogP contribution is -2.25. The molecule has 0 radical (unpaired) electrons. The van der Waals surface area contributed by atoms with E-state index in [0.717, 1.165) is 25.1 Å². The van der Waals surface area contributed by atoms with E-state index in [1.807, 2.05) is 36.4 Å². The average molecular weight is 331 g/mol. The molecule has 0 amide bonds. The third-order valence-electron chi connectivity index (χ3n) is 3.95. The molecule has 1 saturated heterocycles. The molecule has 1 atom stereocenters. The van der Waals surface area contributed by atoms with Gasteiger partial charge in [0.25, 0.3) is 10.1 Å². The summed E-state index contributed by atoms with van der Waals surface area (Å²) in [5.41, 5.74) is 1.99. The summed E-state index contributed by atoms with van der Waals surface area (Å²) in [4.78, 5) is 2.23. The minimum absolute atomic E-state index is 0.0664. The van der Waals surface area contributed by atoms with Gasteiger partial charge in [0.2, 0.25) is 0 Å². The molecule has 2 aromatic carbocycles. The molecule has 0 unspecified atom stereocenters. The summed E-state index contributed by atoms with van der Waals surface area (Å²) in [6, 6.07) is 19.3. The Bertz CT molecular complexity index is 716. The van der Waals surface area contributed by atoms with Crippen molar-refractivity contribution >= 4 is 10.1 Å². The molecule has 1 aliphatic heterocycles. The zero-order chi connectivity index (χ0) is 16.1. The van der Waals surface area contributed by atoms with Gasteiger partial charge in [0.1, 0.15) is 5.75 Å². The second-order valence-electron chi connectivity index (χ2n) is 5.92. The van der Waals surface area contributed by atoms with Crippen LogP contribution in [0.3, 0.4) is 0 Å². The Morgan fingerprint density at radius 3 is 2.22 bits per heavy atom. The number of benzene rings is 2. The first-order valence-corrected chi connectivity index (χ1v) is 9.40. The van der Waals surface area contributed by atoms with Crippen LogP contribution in [-0.2, 0) is 26.6 Å². The molecule has 122 valence electrons. The molecule has 0 spiro atoms. The second kappa shape index (κ2) is 7.25. The predicted molar refractivity (Wildman–Crippen MR) is 90.3 cm³/mol. The Labute approximate surface area is 137 Å². The standard InChI is InChI=1S/C18H21NO3S/c20-23(21,15-17-9-5-2-6-10-17)22-18-11-12-19(14-18)13-16-7-3-1-4-8-16/h1-10,18H,11-15H2/t18-/m1/s1. The van der Waals surface area contributed by atoms with Crippen molar-refractivity contribution in [2.45, 2.75) is 24.8 Å². The maximum absolute atomic E-state index is 12.2. The van der Waals surface area contributed by atoms with Gasteiger partial charge in [-0.15, -0.1) is 0 Å². The topological polar surface area (TPSA) is 46.6 Å². The van der Waals surface area contributed by atoms with Crippen molar-refractivity contribution in [2.75, 3.05) is 13.1 Å². The van der Waals surface area contributed by atoms with E-state index in [-0.39, 0.29) is 11.9 Å². The fraction of sp³-hybridized carbons (Fsp3) is 0.333. The molecule has 2 aromatic rings. The van der Waals surface area contributed by atoms with E-state index >= 15 is 0 Å². The zero-order valence-electron chi connectivity index (χ0n) is 13.0. The van der Waals surface area contributed by atoms with Crippen molar-refractivity contribution < 1.29 is 12.6 Å². The van der Waals surface area contributed by atoms with Gasteiger partial charge >= 0.3 is 0 Å². The highest BCUT2D eigenvalue weighted by Crippen LogP contribution is 2.19. The first-order valence-electron chi connectivity index (χ1n) is 7.82. The monoisotopic (exact) mass is 331 g/mol. The van der Waals surface area contributed by atoms with Gasteiger partial charge in [0.15, 0.2) is 0 Å². The lowest BCUT2D eigenvalue weighted by molar-refractivity contribution is 0.204. The zero-order valence-corrected chi connectivity index (χ0v) is 13.8. The predicted octanol–water partition coefficient (Wildman–Crippen LogP) is 2.81. The molecular formula is C18H21NO3S. The maximum atomic E-state index is 12.2. The minimum atomic E-state index is -3.54. The fourth-order valence-electron chi connectivity index (χ4n) is 2.88. The van der Waals surface area contributed by atoms with E-state index < -0.39 is 10.1 Å². The quantitative estimate of drug-likeness (QED) is 0.764. The lowest BCUT2D eigenvalue weighted by atomic mass is 10.2. The SMILES string of the molecule is O=S(=O)(Cc1ccccc1)O[C@@H]1CCN(Cc2ccccc2)C1. The molecular weight excluding hydrogens is 310 g/mol. The number of hydrogen-bond acceptors (Lipinski definition) is 4. The van der Waals surface area contributed by atoms with E-state index in [4.69, 9.17) is 4.18 Å². The van der Waals surface area contributed by atoms with Crippen molar-refractivity contribution in [3.05, 3.63) is 71.8 Å². The summed E-state index contributed by atoms with van der Waals surface area (Å²) < 4.78 is 29.8. The molecule has 3 rings (SSSR count). The molecule has 0 bridgehead atoms. The largest absolute Gasteiger partial charge is 0.296 e. The summed E-state index contributed by atoms with van der Waals surface area (Å²) in [5.74, 6) is -0.0664. The molecule has 1 heterocycles. The van der Waals surface area contributed by atoms with E-state index in [1.54, 1.807) is 12.1 Å². The van der Waals surface area contributed by atoms with Gasteiger partial charge in [-0.05, 0) is 17.5 Å². The maximum Gasteiger partial charge on any atom is 0.271 e. The van der Waals surface area contributed by atoms with Crippen LogP contribution in [0.25, 0.3) is 0 Å². The highest BCUT2D eigenvalue weighted by atomic mass is 32.2. The number of rotatable bonds is 6. The fourth-order valence-corrected chi connectivity index (χ4v) is 4.12. The molecule has 1 fully saturated rings. The Balaban J connectivity index is 1.53. The third-order valence-corrected chi connectivity index (χ3v) is 5.20. The van der Waals surface area contributed by atoms with Gasteiger partial charge in [-0.25, -0.2) is 0 Å². The van der Waals surface area contributed by atoms with E-state index in [2.05, 4.69) is 17.0 Å². The second-order valence-corrected chi connectivity index (χ2v) is 7.51. The first-order chi connectivity index (χ1) is 11.1. The van der Waals surface area contributed by atoms with Gasteiger partial charge in [0, 0.05) is 19.6 Å². The van der Waals surface area contributed by atoms with Crippen LogP contribution in [0.2, 0.25) is 0 Å². The van der Waals surface area contributed by atoms with Gasteiger partial charge < -0.3 is 0 Å². The minimum Gasteiger partial charge on any atom is -0.296 e. The van der Waals surface area contributed by atoms with Crippen molar-refractivity contribution in [3.8, 4) is 0 Å². The van der Waals surface area contributed by atoms with Crippen LogP contribution < -0.4 is 0 Å².